The van der Waals surface area contributed by atoms with E-state index in [0.29, 0.717) is 19.4 Å². The summed E-state index contributed by atoms with van der Waals surface area (Å²) in [6.45, 7) is 6.61. The van der Waals surface area contributed by atoms with Gasteiger partial charge in [0.15, 0.2) is 0 Å². The summed E-state index contributed by atoms with van der Waals surface area (Å²) in [4.78, 5) is 14.5. The Labute approximate surface area is 107 Å². The minimum Gasteiger partial charge on any atom is -0.350 e. The molecule has 0 aromatic carbocycles. The lowest BCUT2D eigenvalue weighted by Crippen LogP contribution is -2.52. The highest BCUT2D eigenvalue weighted by molar-refractivity contribution is 7.11. The van der Waals surface area contributed by atoms with Crippen LogP contribution in [0.1, 0.15) is 43.4 Å². The maximum atomic E-state index is 11.9. The second kappa shape index (κ2) is 6.17. The number of hydrogen-bond donors (Lipinski definition) is 2. The Morgan fingerprint density at radius 1 is 1.29 bits per heavy atom. The van der Waals surface area contributed by atoms with Gasteiger partial charge in [-0.1, -0.05) is 20.8 Å². The number of carbonyl (C=O) groups excluding carboxylic acids is 1. The average molecular weight is 254 g/mol. The zero-order chi connectivity index (χ0) is 12.9. The molecule has 0 saturated carbocycles. The lowest BCUT2D eigenvalue weighted by molar-refractivity contribution is -0.126. The van der Waals surface area contributed by atoms with E-state index < -0.39 is 5.54 Å². The predicted octanol–water partition coefficient (Wildman–Crippen LogP) is 2.44. The molecule has 1 aromatic rings. The number of nitrogens with one attached hydrogen (secondary N) is 1. The van der Waals surface area contributed by atoms with Crippen molar-refractivity contribution in [3.8, 4) is 0 Å². The summed E-state index contributed by atoms with van der Waals surface area (Å²) in [7, 11) is 0. The number of aryl methyl sites for hydroxylation is 1. The number of rotatable bonds is 6. The van der Waals surface area contributed by atoms with Crippen LogP contribution in [0.25, 0.3) is 0 Å². The monoisotopic (exact) mass is 254 g/mol. The van der Waals surface area contributed by atoms with Crippen LogP contribution in [0.3, 0.4) is 0 Å². The van der Waals surface area contributed by atoms with Crippen LogP contribution in [0.15, 0.2) is 12.1 Å². The number of amides is 1. The smallest absolute Gasteiger partial charge is 0.240 e. The third kappa shape index (κ3) is 3.54. The number of nitrogens with two attached hydrogens (primary N) is 1. The summed E-state index contributed by atoms with van der Waals surface area (Å²) >= 11 is 1.75. The lowest BCUT2D eigenvalue weighted by Gasteiger charge is -2.24. The van der Waals surface area contributed by atoms with Crippen molar-refractivity contribution in [1.82, 2.24) is 5.32 Å². The molecule has 0 fully saturated rings. The van der Waals surface area contributed by atoms with E-state index in [0.717, 1.165) is 6.42 Å². The fourth-order valence-electron chi connectivity index (χ4n) is 1.62. The van der Waals surface area contributed by atoms with Crippen molar-refractivity contribution >= 4 is 17.2 Å². The SMILES string of the molecule is CCc1ccc(CNC(=O)C(N)(CC)CC)s1. The van der Waals surface area contributed by atoms with Gasteiger partial charge in [-0.15, -0.1) is 11.3 Å². The first-order valence-corrected chi connectivity index (χ1v) is 7.02. The third-order valence-corrected chi connectivity index (χ3v) is 4.43. The summed E-state index contributed by atoms with van der Waals surface area (Å²) < 4.78 is 0. The zero-order valence-electron chi connectivity index (χ0n) is 10.9. The van der Waals surface area contributed by atoms with Gasteiger partial charge in [-0.3, -0.25) is 4.79 Å². The molecule has 0 atom stereocenters. The Balaban J connectivity index is 2.53. The molecule has 0 radical (unpaired) electrons. The highest BCUT2D eigenvalue weighted by atomic mass is 32.1. The fraction of sp³-hybridized carbons (Fsp3) is 0.615. The molecule has 0 aliphatic rings. The van der Waals surface area contributed by atoms with E-state index in [1.165, 1.54) is 9.75 Å². The Morgan fingerprint density at radius 3 is 2.35 bits per heavy atom. The van der Waals surface area contributed by atoms with Gasteiger partial charge in [-0.05, 0) is 31.4 Å². The maximum absolute atomic E-state index is 11.9. The van der Waals surface area contributed by atoms with Crippen molar-refractivity contribution in [2.24, 2.45) is 5.73 Å². The first kappa shape index (κ1) is 14.2. The van der Waals surface area contributed by atoms with Crippen LogP contribution < -0.4 is 11.1 Å². The van der Waals surface area contributed by atoms with Gasteiger partial charge in [0.25, 0.3) is 0 Å². The first-order chi connectivity index (χ1) is 8.05. The summed E-state index contributed by atoms with van der Waals surface area (Å²) in [6.07, 6.45) is 2.38. The molecule has 1 amide bonds. The van der Waals surface area contributed by atoms with Crippen molar-refractivity contribution in [3.05, 3.63) is 21.9 Å². The van der Waals surface area contributed by atoms with E-state index in [9.17, 15) is 4.79 Å². The molecule has 0 aliphatic carbocycles. The molecule has 96 valence electrons. The molecule has 0 aliphatic heterocycles. The Bertz CT molecular complexity index is 369. The Kier molecular flexibility index (Phi) is 5.15. The van der Waals surface area contributed by atoms with Crippen molar-refractivity contribution in [3.63, 3.8) is 0 Å². The Hall–Kier alpha value is -0.870. The van der Waals surface area contributed by atoms with Gasteiger partial charge in [0.2, 0.25) is 5.91 Å². The normalized spacial score (nSPS) is 11.5. The van der Waals surface area contributed by atoms with Crippen molar-refractivity contribution in [1.29, 1.82) is 0 Å². The van der Waals surface area contributed by atoms with E-state index in [1.54, 1.807) is 11.3 Å². The van der Waals surface area contributed by atoms with Crippen molar-refractivity contribution < 1.29 is 4.79 Å². The van der Waals surface area contributed by atoms with Gasteiger partial charge in [0, 0.05) is 9.75 Å². The molecule has 17 heavy (non-hydrogen) atoms. The van der Waals surface area contributed by atoms with Crippen LogP contribution in [0.5, 0.6) is 0 Å². The van der Waals surface area contributed by atoms with Gasteiger partial charge in [-0.25, -0.2) is 0 Å². The third-order valence-electron chi connectivity index (χ3n) is 3.20. The number of carbonyl (C=O) groups is 1. The van der Waals surface area contributed by atoms with E-state index >= 15 is 0 Å². The van der Waals surface area contributed by atoms with Gasteiger partial charge in [0.05, 0.1) is 12.1 Å². The summed E-state index contributed by atoms with van der Waals surface area (Å²) in [5, 5.41) is 2.93. The van der Waals surface area contributed by atoms with Gasteiger partial charge >= 0.3 is 0 Å². The second-order valence-electron chi connectivity index (χ2n) is 4.27. The quantitative estimate of drug-likeness (QED) is 0.819. The molecule has 1 heterocycles. The number of thiophene rings is 1. The standard InChI is InChI=1S/C13H22N2OS/c1-4-10-7-8-11(17-10)9-15-12(16)13(14,5-2)6-3/h7-8H,4-6,9,14H2,1-3H3,(H,15,16). The van der Waals surface area contributed by atoms with Crippen molar-refractivity contribution in [2.75, 3.05) is 0 Å². The van der Waals surface area contributed by atoms with Crippen LogP contribution in [0.2, 0.25) is 0 Å². The predicted molar refractivity (Wildman–Crippen MR) is 73.0 cm³/mol. The van der Waals surface area contributed by atoms with Crippen LogP contribution >= 0.6 is 11.3 Å². The first-order valence-electron chi connectivity index (χ1n) is 6.20. The van der Waals surface area contributed by atoms with E-state index in [-0.39, 0.29) is 5.91 Å². The lowest BCUT2D eigenvalue weighted by atomic mass is 9.93. The zero-order valence-corrected chi connectivity index (χ0v) is 11.7. The largest absolute Gasteiger partial charge is 0.350 e. The molecule has 4 heteroatoms. The van der Waals surface area contributed by atoms with E-state index in [4.69, 9.17) is 5.73 Å². The summed E-state index contributed by atoms with van der Waals surface area (Å²) in [5.41, 5.74) is 5.31. The van der Waals surface area contributed by atoms with Crippen LogP contribution in [-0.4, -0.2) is 11.4 Å². The average Bonchev–Trinajstić information content (AvgIpc) is 2.82. The molecule has 3 N–H and O–H groups in total. The topological polar surface area (TPSA) is 55.1 Å². The summed E-state index contributed by atoms with van der Waals surface area (Å²) in [6, 6.07) is 4.18. The van der Waals surface area contributed by atoms with E-state index in [2.05, 4.69) is 24.4 Å². The number of hydrogen-bond acceptors (Lipinski definition) is 3. The van der Waals surface area contributed by atoms with Crippen LogP contribution in [0, 0.1) is 0 Å². The molecule has 0 spiro atoms. The van der Waals surface area contributed by atoms with Gasteiger partial charge in [-0.2, -0.15) is 0 Å². The molecule has 0 unspecified atom stereocenters. The molecule has 1 aromatic heterocycles. The summed E-state index contributed by atoms with van der Waals surface area (Å²) in [5.74, 6) is -0.0473. The van der Waals surface area contributed by atoms with Crippen LogP contribution in [0.4, 0.5) is 0 Å². The van der Waals surface area contributed by atoms with Gasteiger partial charge in [0.1, 0.15) is 0 Å². The molecule has 1 rings (SSSR count). The minimum absolute atomic E-state index is 0.0473. The maximum Gasteiger partial charge on any atom is 0.240 e. The van der Waals surface area contributed by atoms with Crippen molar-refractivity contribution in [2.45, 2.75) is 52.1 Å². The molecular weight excluding hydrogens is 232 g/mol. The molecule has 0 bridgehead atoms. The van der Waals surface area contributed by atoms with Crippen LogP contribution in [-0.2, 0) is 17.8 Å². The van der Waals surface area contributed by atoms with E-state index in [1.807, 2.05) is 13.8 Å². The Morgan fingerprint density at radius 2 is 1.88 bits per heavy atom. The molecule has 3 nitrogen and oxygen atoms in total. The highest BCUT2D eigenvalue weighted by Gasteiger charge is 2.29. The highest BCUT2D eigenvalue weighted by Crippen LogP contribution is 2.17. The molecular formula is C13H22N2OS. The molecule has 0 saturated heterocycles. The minimum atomic E-state index is -0.717. The fourth-order valence-corrected chi connectivity index (χ4v) is 2.52. The van der Waals surface area contributed by atoms with Gasteiger partial charge < -0.3 is 11.1 Å². The second-order valence-corrected chi connectivity index (χ2v) is 5.52.